The number of carbonyl (C=O) groups excluding carboxylic acids is 1. The first-order valence-electron chi connectivity index (χ1n) is 6.08. The number of hydrogen-bond acceptors (Lipinski definition) is 2. The second-order valence-electron chi connectivity index (χ2n) is 4.74. The van der Waals surface area contributed by atoms with Crippen molar-refractivity contribution in [1.29, 1.82) is 0 Å². The lowest BCUT2D eigenvalue weighted by Crippen LogP contribution is -2.34. The number of anilines is 1. The maximum Gasteiger partial charge on any atom is 0.227 e. The number of nitrogens with one attached hydrogen (secondary N) is 1. The molecule has 0 bridgehead atoms. The summed E-state index contributed by atoms with van der Waals surface area (Å²) >= 11 is 0. The van der Waals surface area contributed by atoms with Crippen LogP contribution in [0.4, 0.5) is 14.5 Å². The van der Waals surface area contributed by atoms with Crippen LogP contribution in [0.15, 0.2) is 18.2 Å². The summed E-state index contributed by atoms with van der Waals surface area (Å²) < 4.78 is 25.7. The Labute approximate surface area is 117 Å². The molecule has 3 N–H and O–H groups in total. The summed E-state index contributed by atoms with van der Waals surface area (Å²) in [4.78, 5) is 11.9. The zero-order chi connectivity index (χ0) is 13.1. The maximum atomic E-state index is 13.0. The fraction of sp³-hybridized carbons (Fsp3) is 0.462. The van der Waals surface area contributed by atoms with Crippen molar-refractivity contribution in [3.63, 3.8) is 0 Å². The summed E-state index contributed by atoms with van der Waals surface area (Å²) in [6, 6.07) is 3.38. The minimum atomic E-state index is -0.965. The van der Waals surface area contributed by atoms with Gasteiger partial charge in [0, 0.05) is 23.7 Å². The van der Waals surface area contributed by atoms with Gasteiger partial charge in [-0.1, -0.05) is 6.42 Å². The van der Waals surface area contributed by atoms with Crippen LogP contribution in [0.2, 0.25) is 0 Å². The molecule has 19 heavy (non-hydrogen) atoms. The van der Waals surface area contributed by atoms with E-state index < -0.39 is 11.6 Å². The van der Waals surface area contributed by atoms with Crippen molar-refractivity contribution in [3.05, 3.63) is 29.8 Å². The maximum absolute atomic E-state index is 13.0. The Hall–Kier alpha value is -1.20. The minimum absolute atomic E-state index is 0. The molecule has 0 spiro atoms. The topological polar surface area (TPSA) is 55.1 Å². The van der Waals surface area contributed by atoms with Crippen LogP contribution in [0, 0.1) is 17.6 Å². The molecular formula is C13H17ClF2N2O. The number of carbonyl (C=O) groups is 1. The van der Waals surface area contributed by atoms with Crippen LogP contribution in [0.1, 0.15) is 25.7 Å². The summed E-state index contributed by atoms with van der Waals surface area (Å²) in [6.07, 6.45) is 3.31. The molecule has 0 radical (unpaired) electrons. The lowest BCUT2D eigenvalue weighted by atomic mass is 9.85. The zero-order valence-electron chi connectivity index (χ0n) is 10.4. The van der Waals surface area contributed by atoms with Crippen molar-refractivity contribution in [1.82, 2.24) is 0 Å². The van der Waals surface area contributed by atoms with Gasteiger partial charge in [-0.15, -0.1) is 12.4 Å². The molecule has 3 nitrogen and oxygen atoms in total. The quantitative estimate of drug-likeness (QED) is 0.880. The Morgan fingerprint density at radius 1 is 1.26 bits per heavy atom. The van der Waals surface area contributed by atoms with Crippen molar-refractivity contribution in [2.45, 2.75) is 31.7 Å². The van der Waals surface area contributed by atoms with Crippen molar-refractivity contribution < 1.29 is 13.6 Å². The molecule has 1 aliphatic rings. The van der Waals surface area contributed by atoms with Crippen LogP contribution in [-0.2, 0) is 4.79 Å². The molecular weight excluding hydrogens is 274 g/mol. The van der Waals surface area contributed by atoms with Crippen LogP contribution < -0.4 is 11.1 Å². The van der Waals surface area contributed by atoms with Gasteiger partial charge in [-0.2, -0.15) is 0 Å². The summed E-state index contributed by atoms with van der Waals surface area (Å²) in [7, 11) is 0. The highest BCUT2D eigenvalue weighted by molar-refractivity contribution is 5.92. The van der Waals surface area contributed by atoms with Gasteiger partial charge in [-0.25, -0.2) is 8.78 Å². The van der Waals surface area contributed by atoms with E-state index in [1.165, 1.54) is 6.07 Å². The van der Waals surface area contributed by atoms with E-state index in [1.54, 1.807) is 0 Å². The van der Waals surface area contributed by atoms with E-state index in [4.69, 9.17) is 5.73 Å². The Kier molecular flexibility index (Phi) is 5.69. The second kappa shape index (κ2) is 6.82. The normalized spacial score (nSPS) is 22.5. The molecule has 1 aromatic rings. The molecule has 2 rings (SSSR count). The average molecular weight is 291 g/mol. The SMILES string of the molecule is Cl.NC1CCCC(C(=O)Nc2ccc(F)c(F)c2)C1. The fourth-order valence-electron chi connectivity index (χ4n) is 2.28. The molecule has 0 saturated heterocycles. The van der Waals surface area contributed by atoms with E-state index >= 15 is 0 Å². The Bertz CT molecular complexity index is 456. The van der Waals surface area contributed by atoms with Gasteiger partial charge >= 0.3 is 0 Å². The highest BCUT2D eigenvalue weighted by Gasteiger charge is 2.25. The largest absolute Gasteiger partial charge is 0.328 e. The smallest absolute Gasteiger partial charge is 0.227 e. The molecule has 1 saturated carbocycles. The molecule has 106 valence electrons. The van der Waals surface area contributed by atoms with Gasteiger partial charge in [0.25, 0.3) is 0 Å². The number of rotatable bonds is 2. The number of halogens is 3. The predicted octanol–water partition coefficient (Wildman–Crippen LogP) is 2.84. The molecule has 1 aromatic carbocycles. The van der Waals surface area contributed by atoms with E-state index in [2.05, 4.69) is 5.32 Å². The molecule has 0 heterocycles. The van der Waals surface area contributed by atoms with Crippen molar-refractivity contribution >= 4 is 24.0 Å². The lowest BCUT2D eigenvalue weighted by molar-refractivity contribution is -0.120. The van der Waals surface area contributed by atoms with E-state index in [1.807, 2.05) is 0 Å². The van der Waals surface area contributed by atoms with Gasteiger partial charge in [-0.05, 0) is 31.4 Å². The van der Waals surface area contributed by atoms with Gasteiger partial charge in [-0.3, -0.25) is 4.79 Å². The third-order valence-electron chi connectivity index (χ3n) is 3.27. The summed E-state index contributed by atoms with van der Waals surface area (Å²) in [6.45, 7) is 0. The first-order chi connectivity index (χ1) is 8.56. The van der Waals surface area contributed by atoms with E-state index in [0.717, 1.165) is 31.4 Å². The van der Waals surface area contributed by atoms with Crippen molar-refractivity contribution in [2.24, 2.45) is 11.7 Å². The summed E-state index contributed by atoms with van der Waals surface area (Å²) in [5.74, 6) is -2.20. The molecule has 1 aliphatic carbocycles. The first kappa shape index (κ1) is 15.9. The van der Waals surface area contributed by atoms with Gasteiger partial charge in [0.05, 0.1) is 0 Å². The molecule has 1 amide bonds. The highest BCUT2D eigenvalue weighted by Crippen LogP contribution is 2.24. The standard InChI is InChI=1S/C13H16F2N2O.ClH/c14-11-5-4-10(7-12(11)15)17-13(18)8-2-1-3-9(16)6-8;/h4-5,7-9H,1-3,6,16H2,(H,17,18);1H. The molecule has 6 heteroatoms. The molecule has 0 aliphatic heterocycles. The Morgan fingerprint density at radius 2 is 2.00 bits per heavy atom. The van der Waals surface area contributed by atoms with Gasteiger partial charge in [0.15, 0.2) is 11.6 Å². The monoisotopic (exact) mass is 290 g/mol. The number of nitrogens with two attached hydrogens (primary N) is 1. The van der Waals surface area contributed by atoms with Gasteiger partial charge < -0.3 is 11.1 Å². The van der Waals surface area contributed by atoms with E-state index in [9.17, 15) is 13.6 Å². The minimum Gasteiger partial charge on any atom is -0.328 e. The predicted molar refractivity (Wildman–Crippen MR) is 72.2 cm³/mol. The fourth-order valence-corrected chi connectivity index (χ4v) is 2.28. The molecule has 2 atom stereocenters. The Morgan fingerprint density at radius 3 is 2.63 bits per heavy atom. The van der Waals surface area contributed by atoms with Crippen LogP contribution >= 0.6 is 12.4 Å². The van der Waals surface area contributed by atoms with Crippen LogP contribution in [0.5, 0.6) is 0 Å². The number of hydrogen-bond donors (Lipinski definition) is 2. The van der Waals surface area contributed by atoms with Crippen molar-refractivity contribution in [3.8, 4) is 0 Å². The Balaban J connectivity index is 0.00000180. The number of benzene rings is 1. The van der Waals surface area contributed by atoms with E-state index in [-0.39, 0.29) is 36.0 Å². The number of amides is 1. The molecule has 1 fully saturated rings. The highest BCUT2D eigenvalue weighted by atomic mass is 35.5. The van der Waals surface area contributed by atoms with Gasteiger partial charge in [0.2, 0.25) is 5.91 Å². The lowest BCUT2D eigenvalue weighted by Gasteiger charge is -2.25. The molecule has 0 aromatic heterocycles. The van der Waals surface area contributed by atoms with Crippen LogP contribution in [0.25, 0.3) is 0 Å². The second-order valence-corrected chi connectivity index (χ2v) is 4.74. The third-order valence-corrected chi connectivity index (χ3v) is 3.27. The molecule has 2 unspecified atom stereocenters. The van der Waals surface area contributed by atoms with Gasteiger partial charge in [0.1, 0.15) is 0 Å². The first-order valence-corrected chi connectivity index (χ1v) is 6.08. The summed E-state index contributed by atoms with van der Waals surface area (Å²) in [5, 5.41) is 2.60. The van der Waals surface area contributed by atoms with Crippen LogP contribution in [-0.4, -0.2) is 11.9 Å². The third kappa shape index (κ3) is 4.14. The zero-order valence-corrected chi connectivity index (χ0v) is 11.2. The van der Waals surface area contributed by atoms with E-state index in [0.29, 0.717) is 6.42 Å². The summed E-state index contributed by atoms with van der Waals surface area (Å²) in [5.41, 5.74) is 6.09. The van der Waals surface area contributed by atoms with Crippen molar-refractivity contribution in [2.75, 3.05) is 5.32 Å². The van der Waals surface area contributed by atoms with Crippen LogP contribution in [0.3, 0.4) is 0 Å². The average Bonchev–Trinajstić information content (AvgIpc) is 2.34.